The van der Waals surface area contributed by atoms with E-state index in [1.807, 2.05) is 6.08 Å². The van der Waals surface area contributed by atoms with Gasteiger partial charge < -0.3 is 5.73 Å². The molecule has 4 nitrogen and oxygen atoms in total. The lowest BCUT2D eigenvalue weighted by atomic mass is 9.76. The van der Waals surface area contributed by atoms with E-state index in [1.54, 1.807) is 6.08 Å². The lowest BCUT2D eigenvalue weighted by Crippen LogP contribution is -2.31. The topological polar surface area (TPSA) is 86.2 Å². The zero-order chi connectivity index (χ0) is 11.8. The molecule has 0 amide bonds. The molecule has 2 rings (SSSR count). The van der Waals surface area contributed by atoms with Gasteiger partial charge in [0.25, 0.3) is 0 Å². The van der Waals surface area contributed by atoms with Gasteiger partial charge in [-0.2, -0.15) is 0 Å². The Kier molecular flexibility index (Phi) is 3.01. The van der Waals surface area contributed by atoms with E-state index in [2.05, 4.69) is 6.08 Å². The zero-order valence-electron chi connectivity index (χ0n) is 8.96. The van der Waals surface area contributed by atoms with Crippen molar-refractivity contribution in [2.75, 3.05) is 0 Å². The van der Waals surface area contributed by atoms with Crippen LogP contribution in [0.2, 0.25) is 0 Å². The van der Waals surface area contributed by atoms with Crippen LogP contribution in [0.1, 0.15) is 19.3 Å². The van der Waals surface area contributed by atoms with Crippen LogP contribution in [0.5, 0.6) is 0 Å². The fraction of sp³-hybridized carbons (Fsp3) is 0.455. The Balaban J connectivity index is 2.32. The van der Waals surface area contributed by atoms with Crippen molar-refractivity contribution < 1.29 is 8.42 Å². The smallest absolute Gasteiger partial charge is 0.231 e. The number of sulfonamides is 1. The van der Waals surface area contributed by atoms with E-state index in [4.69, 9.17) is 10.9 Å². The van der Waals surface area contributed by atoms with Crippen molar-refractivity contribution in [3.63, 3.8) is 0 Å². The van der Waals surface area contributed by atoms with Gasteiger partial charge in [0.2, 0.25) is 10.0 Å². The molecular weight excluding hydrogens is 224 g/mol. The van der Waals surface area contributed by atoms with Crippen LogP contribution in [-0.4, -0.2) is 14.5 Å². The molecule has 2 unspecified atom stereocenters. The van der Waals surface area contributed by atoms with E-state index in [9.17, 15) is 8.42 Å². The summed E-state index contributed by atoms with van der Waals surface area (Å²) in [7, 11) is -3.57. The molecule has 1 fully saturated rings. The average molecular weight is 240 g/mol. The van der Waals surface area contributed by atoms with Crippen molar-refractivity contribution in [3.8, 4) is 0 Å². The molecule has 2 atom stereocenters. The predicted molar refractivity (Wildman–Crippen MR) is 63.7 cm³/mol. The molecular formula is C11H16N2O2S. The van der Waals surface area contributed by atoms with Crippen molar-refractivity contribution in [2.45, 2.75) is 25.3 Å². The van der Waals surface area contributed by atoms with Gasteiger partial charge in [-0.25, -0.2) is 13.6 Å². The maximum absolute atomic E-state index is 11.1. The lowest BCUT2D eigenvalue weighted by Gasteiger charge is -2.32. The number of hydrogen-bond acceptors (Lipinski definition) is 3. The van der Waals surface area contributed by atoms with Gasteiger partial charge in [0.15, 0.2) is 0 Å². The number of nitrogens with two attached hydrogens (primary N) is 2. The summed E-state index contributed by atoms with van der Waals surface area (Å²) < 4.78 is 22.1. The summed E-state index contributed by atoms with van der Waals surface area (Å²) in [5.74, 6) is 0.132. The standard InChI is InChI=1S/C11H16N2O2S/c12-10-5-4-8-2-1-3-9(11(8)6-10)7-16(13,14)15/h1-3,7,10-11H,4-6,12H2,(H2,13,14,15). The summed E-state index contributed by atoms with van der Waals surface area (Å²) in [4.78, 5) is 0. The second-order valence-corrected chi connectivity index (χ2v) is 5.81. The molecule has 4 N–H and O–H groups in total. The molecule has 0 radical (unpaired) electrons. The summed E-state index contributed by atoms with van der Waals surface area (Å²) in [5.41, 5.74) is 7.93. The van der Waals surface area contributed by atoms with Gasteiger partial charge in [0.1, 0.15) is 0 Å². The van der Waals surface area contributed by atoms with Crippen molar-refractivity contribution >= 4 is 10.0 Å². The van der Waals surface area contributed by atoms with Crippen LogP contribution in [0.3, 0.4) is 0 Å². The van der Waals surface area contributed by atoms with E-state index in [0.29, 0.717) is 0 Å². The zero-order valence-corrected chi connectivity index (χ0v) is 9.78. The minimum Gasteiger partial charge on any atom is -0.328 e. The average Bonchev–Trinajstić information content (AvgIpc) is 2.17. The van der Waals surface area contributed by atoms with Crippen LogP contribution in [0.25, 0.3) is 0 Å². The van der Waals surface area contributed by atoms with Crippen LogP contribution in [0.15, 0.2) is 34.8 Å². The molecule has 0 bridgehead atoms. The highest BCUT2D eigenvalue weighted by molar-refractivity contribution is 7.92. The molecule has 0 aromatic carbocycles. The Bertz CT molecular complexity index is 474. The van der Waals surface area contributed by atoms with Gasteiger partial charge >= 0.3 is 0 Å². The van der Waals surface area contributed by atoms with Gasteiger partial charge in [-0.05, 0) is 24.8 Å². The maximum atomic E-state index is 11.1. The van der Waals surface area contributed by atoms with Crippen molar-refractivity contribution in [3.05, 3.63) is 34.8 Å². The van der Waals surface area contributed by atoms with E-state index in [-0.39, 0.29) is 12.0 Å². The summed E-state index contributed by atoms with van der Waals surface area (Å²) in [6, 6.07) is 0.150. The minimum atomic E-state index is -3.57. The first-order valence-corrected chi connectivity index (χ1v) is 6.94. The molecule has 88 valence electrons. The van der Waals surface area contributed by atoms with E-state index in [1.165, 1.54) is 5.57 Å². The molecule has 0 aromatic heterocycles. The molecule has 0 aliphatic heterocycles. The number of rotatable bonds is 1. The molecule has 0 spiro atoms. The first-order chi connectivity index (χ1) is 7.46. The number of allylic oxidation sites excluding steroid dienone is 5. The quantitative estimate of drug-likeness (QED) is 0.710. The number of hydrogen-bond donors (Lipinski definition) is 2. The Morgan fingerprint density at radius 1 is 1.44 bits per heavy atom. The Labute approximate surface area is 95.7 Å². The molecule has 0 aromatic rings. The third kappa shape index (κ3) is 2.61. The van der Waals surface area contributed by atoms with E-state index in [0.717, 1.165) is 30.2 Å². The monoisotopic (exact) mass is 240 g/mol. The van der Waals surface area contributed by atoms with Gasteiger partial charge in [0.05, 0.1) is 0 Å². The SMILES string of the molecule is NC1CCC2=CC=CC(=CS(N)(=O)=O)C2C1. The van der Waals surface area contributed by atoms with Gasteiger partial charge in [-0.1, -0.05) is 23.8 Å². The summed E-state index contributed by atoms with van der Waals surface area (Å²) in [6.07, 6.45) is 8.45. The summed E-state index contributed by atoms with van der Waals surface area (Å²) in [6.45, 7) is 0. The first kappa shape index (κ1) is 11.6. The third-order valence-electron chi connectivity index (χ3n) is 3.09. The molecule has 1 saturated carbocycles. The highest BCUT2D eigenvalue weighted by atomic mass is 32.2. The van der Waals surface area contributed by atoms with Crippen LogP contribution < -0.4 is 10.9 Å². The highest BCUT2D eigenvalue weighted by Gasteiger charge is 2.27. The lowest BCUT2D eigenvalue weighted by molar-refractivity contribution is 0.441. The molecule has 0 heterocycles. The molecule has 5 heteroatoms. The van der Waals surface area contributed by atoms with Crippen molar-refractivity contribution in [2.24, 2.45) is 16.8 Å². The Hall–Kier alpha value is -0.910. The third-order valence-corrected chi connectivity index (χ3v) is 3.69. The second kappa shape index (κ2) is 4.16. The van der Waals surface area contributed by atoms with Crippen LogP contribution >= 0.6 is 0 Å². The largest absolute Gasteiger partial charge is 0.328 e. The molecule has 2 aliphatic carbocycles. The number of primary sulfonamides is 1. The summed E-state index contributed by atoms with van der Waals surface area (Å²) >= 11 is 0. The fourth-order valence-corrected chi connectivity index (χ4v) is 2.98. The fourth-order valence-electron chi connectivity index (χ4n) is 2.36. The van der Waals surface area contributed by atoms with Crippen LogP contribution in [0.4, 0.5) is 0 Å². The minimum absolute atomic E-state index is 0.132. The van der Waals surface area contributed by atoms with Crippen LogP contribution in [-0.2, 0) is 10.0 Å². The van der Waals surface area contributed by atoms with E-state index >= 15 is 0 Å². The van der Waals surface area contributed by atoms with Crippen molar-refractivity contribution in [1.82, 2.24) is 0 Å². The predicted octanol–water partition coefficient (Wildman–Crippen LogP) is 0.782. The molecule has 2 aliphatic rings. The first-order valence-electron chi connectivity index (χ1n) is 5.33. The molecule has 0 saturated heterocycles. The maximum Gasteiger partial charge on any atom is 0.231 e. The summed E-state index contributed by atoms with van der Waals surface area (Å²) in [5, 5.41) is 6.19. The van der Waals surface area contributed by atoms with E-state index < -0.39 is 10.0 Å². The molecule has 16 heavy (non-hydrogen) atoms. The van der Waals surface area contributed by atoms with Crippen LogP contribution in [0, 0.1) is 5.92 Å². The van der Waals surface area contributed by atoms with Gasteiger partial charge in [-0.3, -0.25) is 0 Å². The Morgan fingerprint density at radius 3 is 2.88 bits per heavy atom. The number of fused-ring (bicyclic) bond motifs is 1. The Morgan fingerprint density at radius 2 is 2.19 bits per heavy atom. The highest BCUT2D eigenvalue weighted by Crippen LogP contribution is 2.37. The van der Waals surface area contributed by atoms with Gasteiger partial charge in [0, 0.05) is 17.4 Å². The van der Waals surface area contributed by atoms with Gasteiger partial charge in [-0.15, -0.1) is 0 Å². The van der Waals surface area contributed by atoms with Crippen molar-refractivity contribution in [1.29, 1.82) is 0 Å². The second-order valence-electron chi connectivity index (χ2n) is 4.39. The normalized spacial score (nSPS) is 32.4.